The fraction of sp³-hybridized carbons (Fsp3) is 0.222. The summed E-state index contributed by atoms with van der Waals surface area (Å²) in [5.41, 5.74) is 2.30. The summed E-state index contributed by atoms with van der Waals surface area (Å²) in [6.07, 6.45) is 1.49. The Bertz CT molecular complexity index is 899. The second-order valence-electron chi connectivity index (χ2n) is 5.71. The van der Waals surface area contributed by atoms with Crippen LogP contribution < -0.4 is 10.2 Å². The van der Waals surface area contributed by atoms with Gasteiger partial charge in [-0.2, -0.15) is 0 Å². The molecule has 0 amide bonds. The number of fused-ring (bicyclic) bond motifs is 1. The lowest BCUT2D eigenvalue weighted by Gasteiger charge is -2.20. The van der Waals surface area contributed by atoms with Gasteiger partial charge in [0.15, 0.2) is 0 Å². The molecule has 0 saturated heterocycles. The predicted octanol–water partition coefficient (Wildman–Crippen LogP) is 3.61. The lowest BCUT2D eigenvalue weighted by Crippen LogP contribution is -2.18. The highest BCUT2D eigenvalue weighted by atomic mass is 16.6. The standard InChI is InChI=1S/C18H19N5O2/c1-3-19-16-10-15-14(9-17(16)23(24)25)18(21-12-20-15)22(2)11-13-7-5-4-6-8-13/h4-10,12,19H,3,11H2,1-2H3. The minimum Gasteiger partial charge on any atom is -0.380 e. The van der Waals surface area contributed by atoms with E-state index in [4.69, 9.17) is 0 Å². The third-order valence-corrected chi connectivity index (χ3v) is 3.92. The lowest BCUT2D eigenvalue weighted by atomic mass is 10.1. The molecule has 7 nitrogen and oxygen atoms in total. The molecule has 2 aromatic carbocycles. The average Bonchev–Trinajstić information content (AvgIpc) is 2.61. The Balaban J connectivity index is 2.06. The highest BCUT2D eigenvalue weighted by molar-refractivity contribution is 5.94. The Morgan fingerprint density at radius 2 is 1.96 bits per heavy atom. The minimum absolute atomic E-state index is 0.0264. The van der Waals surface area contributed by atoms with E-state index in [1.54, 1.807) is 12.1 Å². The number of anilines is 2. The molecule has 3 aromatic rings. The SMILES string of the molecule is CCNc1cc2ncnc(N(C)Cc3ccccc3)c2cc1[N+](=O)[O-]. The van der Waals surface area contributed by atoms with Crippen molar-refractivity contribution in [2.24, 2.45) is 0 Å². The number of benzene rings is 2. The highest BCUT2D eigenvalue weighted by Gasteiger charge is 2.18. The summed E-state index contributed by atoms with van der Waals surface area (Å²) < 4.78 is 0. The van der Waals surface area contributed by atoms with Crippen molar-refractivity contribution in [1.29, 1.82) is 0 Å². The van der Waals surface area contributed by atoms with E-state index in [0.717, 1.165) is 5.56 Å². The van der Waals surface area contributed by atoms with Crippen LogP contribution in [0.5, 0.6) is 0 Å². The van der Waals surface area contributed by atoms with E-state index >= 15 is 0 Å². The van der Waals surface area contributed by atoms with Gasteiger partial charge in [-0.25, -0.2) is 9.97 Å². The Kier molecular flexibility index (Phi) is 4.74. The summed E-state index contributed by atoms with van der Waals surface area (Å²) in [6.45, 7) is 3.14. The summed E-state index contributed by atoms with van der Waals surface area (Å²) in [7, 11) is 1.92. The van der Waals surface area contributed by atoms with Gasteiger partial charge in [-0.05, 0) is 18.6 Å². The van der Waals surface area contributed by atoms with Crippen LogP contribution >= 0.6 is 0 Å². The van der Waals surface area contributed by atoms with Crippen LogP contribution in [0.3, 0.4) is 0 Å². The van der Waals surface area contributed by atoms with Crippen molar-refractivity contribution in [1.82, 2.24) is 9.97 Å². The number of nitro groups is 1. The summed E-state index contributed by atoms with van der Waals surface area (Å²) in [6, 6.07) is 13.2. The molecule has 1 heterocycles. The van der Waals surface area contributed by atoms with Crippen LogP contribution in [0.15, 0.2) is 48.8 Å². The van der Waals surface area contributed by atoms with Crippen molar-refractivity contribution in [3.63, 3.8) is 0 Å². The Morgan fingerprint density at radius 1 is 1.20 bits per heavy atom. The minimum atomic E-state index is -0.384. The molecule has 1 N–H and O–H groups in total. The Morgan fingerprint density at radius 3 is 2.64 bits per heavy atom. The fourth-order valence-electron chi connectivity index (χ4n) is 2.80. The molecular weight excluding hydrogens is 318 g/mol. The molecule has 0 aliphatic rings. The maximum atomic E-state index is 11.4. The zero-order valence-electron chi connectivity index (χ0n) is 14.1. The lowest BCUT2D eigenvalue weighted by molar-refractivity contribution is -0.383. The van der Waals surface area contributed by atoms with Gasteiger partial charge in [0, 0.05) is 31.6 Å². The molecule has 7 heteroatoms. The molecule has 0 aliphatic heterocycles. The van der Waals surface area contributed by atoms with E-state index in [1.807, 2.05) is 49.2 Å². The smallest absolute Gasteiger partial charge is 0.293 e. The number of nitro benzene ring substituents is 1. The first kappa shape index (κ1) is 16.6. The second kappa shape index (κ2) is 7.12. The second-order valence-corrected chi connectivity index (χ2v) is 5.71. The molecular formula is C18H19N5O2. The number of hydrogen-bond acceptors (Lipinski definition) is 6. The van der Waals surface area contributed by atoms with Gasteiger partial charge in [0.1, 0.15) is 17.8 Å². The van der Waals surface area contributed by atoms with Crippen LogP contribution in [-0.2, 0) is 6.54 Å². The first-order valence-electron chi connectivity index (χ1n) is 8.02. The van der Waals surface area contributed by atoms with E-state index in [9.17, 15) is 10.1 Å². The van der Waals surface area contributed by atoms with Crippen LogP contribution in [0, 0.1) is 10.1 Å². The van der Waals surface area contributed by atoms with E-state index < -0.39 is 0 Å². The summed E-state index contributed by atoms with van der Waals surface area (Å²) in [5.74, 6) is 0.667. The van der Waals surface area contributed by atoms with Crippen molar-refractivity contribution in [3.8, 4) is 0 Å². The Labute approximate surface area is 145 Å². The molecule has 3 rings (SSSR count). The molecule has 0 unspecified atom stereocenters. The van der Waals surface area contributed by atoms with Crippen molar-refractivity contribution in [2.45, 2.75) is 13.5 Å². The number of nitrogens with zero attached hydrogens (tertiary/aromatic N) is 4. The molecule has 0 spiro atoms. The molecule has 0 fully saturated rings. The van der Waals surface area contributed by atoms with Gasteiger partial charge >= 0.3 is 0 Å². The third kappa shape index (κ3) is 3.50. The summed E-state index contributed by atoms with van der Waals surface area (Å²) in [5, 5.41) is 15.1. The van der Waals surface area contributed by atoms with Gasteiger partial charge in [-0.1, -0.05) is 30.3 Å². The monoisotopic (exact) mass is 337 g/mol. The largest absolute Gasteiger partial charge is 0.380 e. The van der Waals surface area contributed by atoms with Gasteiger partial charge in [0.05, 0.1) is 10.4 Å². The zero-order chi connectivity index (χ0) is 17.8. The summed E-state index contributed by atoms with van der Waals surface area (Å²) >= 11 is 0. The topological polar surface area (TPSA) is 84.2 Å². The first-order chi connectivity index (χ1) is 12.1. The maximum absolute atomic E-state index is 11.4. The molecule has 0 atom stereocenters. The number of nitrogens with one attached hydrogen (secondary N) is 1. The average molecular weight is 337 g/mol. The van der Waals surface area contributed by atoms with Gasteiger partial charge in [0.25, 0.3) is 5.69 Å². The molecule has 0 radical (unpaired) electrons. The summed E-state index contributed by atoms with van der Waals surface area (Å²) in [4.78, 5) is 21.6. The number of aromatic nitrogens is 2. The maximum Gasteiger partial charge on any atom is 0.293 e. The van der Waals surface area contributed by atoms with Crippen LogP contribution in [-0.4, -0.2) is 28.5 Å². The first-order valence-corrected chi connectivity index (χ1v) is 8.02. The number of rotatable bonds is 6. The number of hydrogen-bond donors (Lipinski definition) is 1. The molecule has 0 saturated carbocycles. The molecule has 0 aliphatic carbocycles. The molecule has 0 bridgehead atoms. The molecule has 1 aromatic heterocycles. The highest BCUT2D eigenvalue weighted by Crippen LogP contribution is 2.33. The quantitative estimate of drug-likeness (QED) is 0.546. The van der Waals surface area contributed by atoms with Crippen LogP contribution in [0.4, 0.5) is 17.2 Å². The third-order valence-electron chi connectivity index (χ3n) is 3.92. The fourth-order valence-corrected chi connectivity index (χ4v) is 2.80. The normalized spacial score (nSPS) is 10.6. The Hall–Kier alpha value is -3.22. The van der Waals surface area contributed by atoms with E-state index in [-0.39, 0.29) is 10.6 Å². The van der Waals surface area contributed by atoms with Crippen LogP contribution in [0.1, 0.15) is 12.5 Å². The van der Waals surface area contributed by atoms with Crippen LogP contribution in [0.2, 0.25) is 0 Å². The van der Waals surface area contributed by atoms with Crippen LogP contribution in [0.25, 0.3) is 10.9 Å². The molecule has 128 valence electrons. The van der Waals surface area contributed by atoms with E-state index in [0.29, 0.717) is 35.5 Å². The van der Waals surface area contributed by atoms with Crippen molar-refractivity contribution in [2.75, 3.05) is 23.8 Å². The molecule has 25 heavy (non-hydrogen) atoms. The van der Waals surface area contributed by atoms with Gasteiger partial charge in [-0.3, -0.25) is 10.1 Å². The van der Waals surface area contributed by atoms with E-state index in [1.165, 1.54) is 6.33 Å². The van der Waals surface area contributed by atoms with Gasteiger partial charge in [0.2, 0.25) is 0 Å². The van der Waals surface area contributed by atoms with Gasteiger partial charge in [-0.15, -0.1) is 0 Å². The van der Waals surface area contributed by atoms with Crippen molar-refractivity contribution < 1.29 is 4.92 Å². The van der Waals surface area contributed by atoms with E-state index in [2.05, 4.69) is 15.3 Å². The zero-order valence-corrected chi connectivity index (χ0v) is 14.1. The van der Waals surface area contributed by atoms with Crippen molar-refractivity contribution in [3.05, 3.63) is 64.5 Å². The van der Waals surface area contributed by atoms with Gasteiger partial charge < -0.3 is 10.2 Å². The predicted molar refractivity (Wildman–Crippen MR) is 98.9 cm³/mol. The van der Waals surface area contributed by atoms with Crippen molar-refractivity contribution >= 4 is 28.1 Å².